The van der Waals surface area contributed by atoms with E-state index >= 15 is 0 Å². The molecule has 1 aliphatic heterocycles. The number of ether oxygens (including phenoxy) is 4. The van der Waals surface area contributed by atoms with Gasteiger partial charge in [0.2, 0.25) is 0 Å². The molecular formula is C24H29N5O4S. The highest BCUT2D eigenvalue weighted by atomic mass is 32.1. The molecule has 0 spiro atoms. The third-order valence-electron chi connectivity index (χ3n) is 5.54. The van der Waals surface area contributed by atoms with Gasteiger partial charge < -0.3 is 29.2 Å². The topological polar surface area (TPSA) is 82.9 Å². The van der Waals surface area contributed by atoms with Crippen LogP contribution in [0.25, 0.3) is 5.69 Å². The number of rotatable bonds is 9. The number of benzene rings is 2. The van der Waals surface area contributed by atoms with Gasteiger partial charge in [-0.15, -0.1) is 0 Å². The van der Waals surface area contributed by atoms with Crippen molar-refractivity contribution in [1.29, 1.82) is 0 Å². The first-order valence-corrected chi connectivity index (χ1v) is 11.5. The Balaban J connectivity index is 1.23. The molecule has 1 saturated heterocycles. The molecule has 0 aliphatic carbocycles. The maximum absolute atomic E-state index is 5.95. The van der Waals surface area contributed by atoms with Gasteiger partial charge in [-0.05, 0) is 66.7 Å². The van der Waals surface area contributed by atoms with E-state index in [1.165, 1.54) is 6.33 Å². The summed E-state index contributed by atoms with van der Waals surface area (Å²) in [5, 5.41) is 8.19. The van der Waals surface area contributed by atoms with Crippen LogP contribution in [-0.2, 0) is 11.2 Å². The summed E-state index contributed by atoms with van der Waals surface area (Å²) in [6.07, 6.45) is 3.86. The smallest absolute Gasteiger partial charge is 0.169 e. The second kappa shape index (κ2) is 11.7. The van der Waals surface area contributed by atoms with Crippen LogP contribution in [0.5, 0.6) is 17.2 Å². The van der Waals surface area contributed by atoms with Crippen molar-refractivity contribution >= 4 is 17.3 Å². The summed E-state index contributed by atoms with van der Waals surface area (Å²) in [7, 11) is 3.33. The summed E-state index contributed by atoms with van der Waals surface area (Å²) in [4.78, 5) is 6.09. The number of methoxy groups -OCH3 is 2. The number of thiocarbonyl (C=S) groups is 1. The van der Waals surface area contributed by atoms with Gasteiger partial charge in [0.05, 0.1) is 26.5 Å². The molecule has 9 nitrogen and oxygen atoms in total. The van der Waals surface area contributed by atoms with Gasteiger partial charge in [0.1, 0.15) is 42.6 Å². The zero-order valence-electron chi connectivity index (χ0n) is 19.3. The Morgan fingerprint density at radius 2 is 1.97 bits per heavy atom. The van der Waals surface area contributed by atoms with Crippen LogP contribution in [0.4, 0.5) is 0 Å². The lowest BCUT2D eigenvalue weighted by molar-refractivity contribution is -0.0287. The second-order valence-electron chi connectivity index (χ2n) is 7.74. The lowest BCUT2D eigenvalue weighted by atomic mass is 10.1. The van der Waals surface area contributed by atoms with Gasteiger partial charge in [-0.1, -0.05) is 0 Å². The van der Waals surface area contributed by atoms with E-state index in [0.717, 1.165) is 41.5 Å². The summed E-state index contributed by atoms with van der Waals surface area (Å²) in [6, 6.07) is 13.5. The van der Waals surface area contributed by atoms with Gasteiger partial charge in [-0.3, -0.25) is 0 Å². The van der Waals surface area contributed by atoms with Crippen molar-refractivity contribution in [2.75, 3.05) is 47.1 Å². The number of hydrogen-bond donors (Lipinski definition) is 1. The molecule has 1 fully saturated rings. The fourth-order valence-electron chi connectivity index (χ4n) is 3.72. The summed E-state index contributed by atoms with van der Waals surface area (Å²) >= 11 is 5.63. The molecule has 0 saturated carbocycles. The Bertz CT molecular complexity index is 1060. The largest absolute Gasteiger partial charge is 0.497 e. The minimum Gasteiger partial charge on any atom is -0.497 e. The molecule has 1 N–H and O–H groups in total. The minimum absolute atomic E-state index is 0.0676. The van der Waals surface area contributed by atoms with Crippen LogP contribution >= 0.6 is 12.2 Å². The molecule has 34 heavy (non-hydrogen) atoms. The third kappa shape index (κ3) is 6.15. The van der Waals surface area contributed by atoms with Crippen LogP contribution in [0.1, 0.15) is 5.56 Å². The Kier molecular flexibility index (Phi) is 8.16. The van der Waals surface area contributed by atoms with E-state index in [1.807, 2.05) is 42.5 Å². The molecule has 3 aromatic rings. The lowest BCUT2D eigenvalue weighted by Gasteiger charge is -2.34. The van der Waals surface area contributed by atoms with E-state index < -0.39 is 0 Å². The zero-order chi connectivity index (χ0) is 23.8. The van der Waals surface area contributed by atoms with Crippen LogP contribution in [0.15, 0.2) is 55.1 Å². The van der Waals surface area contributed by atoms with Crippen molar-refractivity contribution in [2.45, 2.75) is 12.5 Å². The number of hydrogen-bond acceptors (Lipinski definition) is 7. The predicted octanol–water partition coefficient (Wildman–Crippen LogP) is 2.48. The molecule has 0 bridgehead atoms. The van der Waals surface area contributed by atoms with Gasteiger partial charge in [-0.2, -0.15) is 5.10 Å². The highest BCUT2D eigenvalue weighted by Crippen LogP contribution is 2.24. The number of nitrogens with zero attached hydrogens (tertiary/aromatic N) is 4. The Morgan fingerprint density at radius 3 is 2.71 bits per heavy atom. The molecule has 2 aromatic carbocycles. The standard InChI is InChI=1S/C24H29N5O4S/c1-30-21-7-8-23(31-2)18(13-21)9-10-26-24(34)28-11-12-32-22(14-28)15-33-20-5-3-19(4-6-20)29-17-25-16-27-29/h3-8,13,16-17,22H,9-12,14-15H2,1-2H3,(H,26,34). The van der Waals surface area contributed by atoms with E-state index in [2.05, 4.69) is 20.3 Å². The van der Waals surface area contributed by atoms with Crippen LogP contribution < -0.4 is 19.5 Å². The number of nitrogens with one attached hydrogen (secondary N) is 1. The Labute approximate surface area is 204 Å². The van der Waals surface area contributed by atoms with Crippen LogP contribution in [0, 0.1) is 0 Å². The molecule has 10 heteroatoms. The van der Waals surface area contributed by atoms with Crippen LogP contribution in [0.3, 0.4) is 0 Å². The van der Waals surface area contributed by atoms with E-state index in [1.54, 1.807) is 25.2 Å². The van der Waals surface area contributed by atoms with E-state index in [0.29, 0.717) is 31.4 Å². The quantitative estimate of drug-likeness (QED) is 0.462. The SMILES string of the molecule is COc1ccc(OC)c(CCNC(=S)N2CCOC(COc3ccc(-n4cncn4)cc3)C2)c1. The Hall–Kier alpha value is -3.37. The van der Waals surface area contributed by atoms with E-state index in [-0.39, 0.29) is 6.10 Å². The highest BCUT2D eigenvalue weighted by Gasteiger charge is 2.23. The molecule has 2 heterocycles. The number of aromatic nitrogens is 3. The second-order valence-corrected chi connectivity index (χ2v) is 8.13. The minimum atomic E-state index is -0.0676. The molecule has 0 radical (unpaired) electrons. The monoisotopic (exact) mass is 483 g/mol. The first-order valence-electron chi connectivity index (χ1n) is 11.1. The van der Waals surface area contributed by atoms with Crippen molar-refractivity contribution in [1.82, 2.24) is 25.0 Å². The first-order chi connectivity index (χ1) is 16.7. The average molecular weight is 484 g/mol. The zero-order valence-corrected chi connectivity index (χ0v) is 20.2. The lowest BCUT2D eigenvalue weighted by Crippen LogP contribution is -2.51. The summed E-state index contributed by atoms with van der Waals surface area (Å²) in [5.74, 6) is 2.42. The third-order valence-corrected chi connectivity index (χ3v) is 5.94. The molecule has 180 valence electrons. The van der Waals surface area contributed by atoms with Crippen molar-refractivity contribution in [2.24, 2.45) is 0 Å². The highest BCUT2D eigenvalue weighted by molar-refractivity contribution is 7.80. The Morgan fingerprint density at radius 1 is 1.15 bits per heavy atom. The van der Waals surface area contributed by atoms with Gasteiger partial charge in [-0.25, -0.2) is 9.67 Å². The molecule has 1 aliphatic rings. The summed E-state index contributed by atoms with van der Waals surface area (Å²) < 4.78 is 24.3. The molecular weight excluding hydrogens is 454 g/mol. The fraction of sp³-hybridized carbons (Fsp3) is 0.375. The first kappa shape index (κ1) is 23.8. The fourth-order valence-corrected chi connectivity index (χ4v) is 3.99. The maximum atomic E-state index is 5.95. The molecule has 1 unspecified atom stereocenters. The van der Waals surface area contributed by atoms with E-state index in [9.17, 15) is 0 Å². The predicted molar refractivity (Wildman–Crippen MR) is 132 cm³/mol. The van der Waals surface area contributed by atoms with Gasteiger partial charge in [0.15, 0.2) is 5.11 Å². The van der Waals surface area contributed by atoms with Crippen molar-refractivity contribution < 1.29 is 18.9 Å². The summed E-state index contributed by atoms with van der Waals surface area (Å²) in [6.45, 7) is 3.16. The molecule has 1 aromatic heterocycles. The van der Waals surface area contributed by atoms with Gasteiger partial charge >= 0.3 is 0 Å². The molecule has 1 atom stereocenters. The van der Waals surface area contributed by atoms with Crippen molar-refractivity contribution in [3.05, 3.63) is 60.7 Å². The van der Waals surface area contributed by atoms with Crippen molar-refractivity contribution in [3.8, 4) is 22.9 Å². The number of morpholine rings is 1. The maximum Gasteiger partial charge on any atom is 0.169 e. The van der Waals surface area contributed by atoms with Gasteiger partial charge in [0, 0.05) is 19.6 Å². The average Bonchev–Trinajstić information content (AvgIpc) is 3.43. The van der Waals surface area contributed by atoms with Gasteiger partial charge in [0.25, 0.3) is 0 Å². The van der Waals surface area contributed by atoms with Crippen LogP contribution in [-0.4, -0.2) is 77.9 Å². The summed E-state index contributed by atoms with van der Waals surface area (Å²) in [5.41, 5.74) is 1.99. The van der Waals surface area contributed by atoms with E-state index in [4.69, 9.17) is 31.2 Å². The normalized spacial score (nSPS) is 15.6. The van der Waals surface area contributed by atoms with Crippen LogP contribution in [0.2, 0.25) is 0 Å². The molecule has 4 rings (SSSR count). The van der Waals surface area contributed by atoms with Crippen molar-refractivity contribution in [3.63, 3.8) is 0 Å². The molecule has 0 amide bonds.